The highest BCUT2D eigenvalue weighted by atomic mass is 32.3. The molecule has 0 saturated carbocycles. The first-order chi connectivity index (χ1) is 8.17. The maximum atomic E-state index is 10.7. The van der Waals surface area contributed by atoms with E-state index >= 15 is 0 Å². The number of hydrogen-bond acceptors (Lipinski definition) is 9. The molecule has 2 unspecified atom stereocenters. The summed E-state index contributed by atoms with van der Waals surface area (Å²) in [6.45, 7) is 0. The maximum absolute atomic E-state index is 10.7. The summed E-state index contributed by atoms with van der Waals surface area (Å²) in [7, 11) is -4.17. The monoisotopic (exact) mass is 287 g/mol. The van der Waals surface area contributed by atoms with E-state index in [1.54, 1.807) is 0 Å². The molecule has 0 aromatic heterocycles. The third-order valence-electron chi connectivity index (χ3n) is 2.25. The Bertz CT molecular complexity index is 402. The molecule has 1 heterocycles. The molecule has 0 aromatic rings. The van der Waals surface area contributed by atoms with Gasteiger partial charge in [0.2, 0.25) is 10.4 Å². The van der Waals surface area contributed by atoms with Crippen molar-refractivity contribution in [3.63, 3.8) is 0 Å². The van der Waals surface area contributed by atoms with Crippen LogP contribution in [0.15, 0.2) is 0 Å². The summed E-state index contributed by atoms with van der Waals surface area (Å²) in [6.07, 6.45) is -9.27. The number of carbonyl (C=O) groups is 1. The summed E-state index contributed by atoms with van der Waals surface area (Å²) in [6, 6.07) is 0. The van der Waals surface area contributed by atoms with Gasteiger partial charge in [0, 0.05) is 7.11 Å². The quantitative estimate of drug-likeness (QED) is 0.359. The van der Waals surface area contributed by atoms with Gasteiger partial charge >= 0.3 is 5.97 Å². The van der Waals surface area contributed by atoms with Gasteiger partial charge in [-0.25, -0.2) is 13.2 Å². The zero-order chi connectivity index (χ0) is 14.1. The zero-order valence-corrected chi connectivity index (χ0v) is 9.81. The molecule has 0 aliphatic carbocycles. The van der Waals surface area contributed by atoms with Crippen molar-refractivity contribution in [3.8, 4) is 0 Å². The first kappa shape index (κ1) is 15.2. The maximum Gasteiger partial charge on any atom is 0.335 e. The van der Waals surface area contributed by atoms with Crippen LogP contribution in [-0.2, 0) is 28.9 Å². The Labute approximate surface area is 102 Å². The SMILES string of the molecule is CO[C@@H]1OC(C(=O)O)[C@@H](O)[C@H](O)C1OS(=O)(=O)[O-]. The van der Waals surface area contributed by atoms with Gasteiger partial charge in [0.05, 0.1) is 0 Å². The molecule has 0 amide bonds. The lowest BCUT2D eigenvalue weighted by molar-refractivity contribution is -0.282. The molecule has 1 rings (SSSR count). The first-order valence-corrected chi connectivity index (χ1v) is 5.92. The van der Waals surface area contributed by atoms with Crippen molar-refractivity contribution in [2.24, 2.45) is 0 Å². The van der Waals surface area contributed by atoms with Crippen LogP contribution >= 0.6 is 0 Å². The minimum atomic E-state index is -5.19. The second-order valence-electron chi connectivity index (χ2n) is 3.45. The van der Waals surface area contributed by atoms with Gasteiger partial charge < -0.3 is 29.3 Å². The Morgan fingerprint density at radius 2 is 1.89 bits per heavy atom. The molecule has 1 aliphatic rings. The fourth-order valence-electron chi connectivity index (χ4n) is 1.47. The van der Waals surface area contributed by atoms with Gasteiger partial charge in [-0.1, -0.05) is 0 Å². The van der Waals surface area contributed by atoms with Crippen LogP contribution in [0.3, 0.4) is 0 Å². The lowest BCUT2D eigenvalue weighted by atomic mass is 9.99. The van der Waals surface area contributed by atoms with Gasteiger partial charge in [-0.3, -0.25) is 4.18 Å². The van der Waals surface area contributed by atoms with Crippen molar-refractivity contribution >= 4 is 16.4 Å². The predicted octanol–water partition coefficient (Wildman–Crippen LogP) is -2.99. The molecule has 0 radical (unpaired) electrons. The van der Waals surface area contributed by atoms with E-state index in [4.69, 9.17) is 5.11 Å². The number of aliphatic hydroxyl groups is 2. The third kappa shape index (κ3) is 3.35. The number of methoxy groups -OCH3 is 1. The molecular formula is C7H11O10S-. The Morgan fingerprint density at radius 1 is 1.33 bits per heavy atom. The van der Waals surface area contributed by atoms with E-state index in [-0.39, 0.29) is 0 Å². The standard InChI is InChI=1S/C7H12O10S/c1-15-7-5(17-18(12,13)14)3(9)2(8)4(16-7)6(10)11/h2-5,7-9H,1H3,(H,10,11)(H,12,13,14)/p-1/t2-,3-,4?,5?,7+/m0/s1. The molecule has 18 heavy (non-hydrogen) atoms. The Balaban J connectivity index is 2.95. The predicted molar refractivity (Wildman–Crippen MR) is 49.9 cm³/mol. The van der Waals surface area contributed by atoms with Gasteiger partial charge in [-0.15, -0.1) is 0 Å². The van der Waals surface area contributed by atoms with Crippen LogP contribution in [0.2, 0.25) is 0 Å². The van der Waals surface area contributed by atoms with E-state index in [9.17, 15) is 28.0 Å². The molecule has 1 aliphatic heterocycles. The molecule has 1 fully saturated rings. The van der Waals surface area contributed by atoms with E-state index < -0.39 is 47.1 Å². The largest absolute Gasteiger partial charge is 0.726 e. The number of aliphatic carboxylic acids is 1. The Hall–Kier alpha value is -0.820. The van der Waals surface area contributed by atoms with Gasteiger partial charge in [0.15, 0.2) is 18.5 Å². The smallest absolute Gasteiger partial charge is 0.335 e. The number of aliphatic hydroxyl groups excluding tert-OH is 2. The highest BCUT2D eigenvalue weighted by Gasteiger charge is 2.49. The van der Waals surface area contributed by atoms with Crippen LogP contribution in [0.4, 0.5) is 0 Å². The second-order valence-corrected chi connectivity index (χ2v) is 4.46. The molecule has 10 nitrogen and oxygen atoms in total. The molecule has 11 heteroatoms. The molecule has 3 N–H and O–H groups in total. The second kappa shape index (κ2) is 5.44. The molecule has 0 spiro atoms. The fourth-order valence-corrected chi connectivity index (χ4v) is 1.95. The summed E-state index contributed by atoms with van der Waals surface area (Å²) < 4.78 is 44.5. The van der Waals surface area contributed by atoms with E-state index in [1.807, 2.05) is 0 Å². The highest BCUT2D eigenvalue weighted by molar-refractivity contribution is 7.80. The first-order valence-electron chi connectivity index (χ1n) is 4.58. The van der Waals surface area contributed by atoms with Gasteiger partial charge in [0.25, 0.3) is 0 Å². The van der Waals surface area contributed by atoms with Crippen LogP contribution in [-0.4, -0.2) is 72.1 Å². The molecule has 1 saturated heterocycles. The average Bonchev–Trinajstić information content (AvgIpc) is 2.23. The molecular weight excluding hydrogens is 276 g/mol. The highest BCUT2D eigenvalue weighted by Crippen LogP contribution is 2.25. The summed E-state index contributed by atoms with van der Waals surface area (Å²) in [5, 5.41) is 27.6. The lowest BCUT2D eigenvalue weighted by Gasteiger charge is -2.39. The van der Waals surface area contributed by atoms with Gasteiger partial charge in [0.1, 0.15) is 12.2 Å². The zero-order valence-electron chi connectivity index (χ0n) is 8.99. The third-order valence-corrected chi connectivity index (χ3v) is 2.71. The molecule has 106 valence electrons. The Morgan fingerprint density at radius 3 is 2.28 bits per heavy atom. The van der Waals surface area contributed by atoms with Crippen molar-refractivity contribution in [3.05, 3.63) is 0 Å². The number of ether oxygens (including phenoxy) is 2. The van der Waals surface area contributed by atoms with Gasteiger partial charge in [-0.2, -0.15) is 0 Å². The van der Waals surface area contributed by atoms with Crippen LogP contribution < -0.4 is 0 Å². The van der Waals surface area contributed by atoms with Crippen molar-refractivity contribution in [2.75, 3.05) is 7.11 Å². The van der Waals surface area contributed by atoms with Crippen molar-refractivity contribution < 1.29 is 46.7 Å². The van der Waals surface area contributed by atoms with E-state index in [2.05, 4.69) is 13.7 Å². The lowest BCUT2D eigenvalue weighted by Crippen LogP contribution is -2.61. The summed E-state index contributed by atoms with van der Waals surface area (Å²) in [4.78, 5) is 10.7. The van der Waals surface area contributed by atoms with Crippen LogP contribution in [0.25, 0.3) is 0 Å². The Kier molecular flexibility index (Phi) is 4.61. The summed E-state index contributed by atoms with van der Waals surface area (Å²) in [5.74, 6) is -1.59. The van der Waals surface area contributed by atoms with Gasteiger partial charge in [-0.05, 0) is 0 Å². The average molecular weight is 287 g/mol. The number of hydrogen-bond donors (Lipinski definition) is 3. The van der Waals surface area contributed by atoms with Crippen LogP contribution in [0, 0.1) is 0 Å². The molecule has 5 atom stereocenters. The summed E-state index contributed by atoms with van der Waals surface area (Å²) in [5.41, 5.74) is 0. The minimum Gasteiger partial charge on any atom is -0.726 e. The molecule has 0 aromatic carbocycles. The minimum absolute atomic E-state index is 1.02. The van der Waals surface area contributed by atoms with Crippen molar-refractivity contribution in [2.45, 2.75) is 30.7 Å². The van der Waals surface area contributed by atoms with E-state index in [1.165, 1.54) is 0 Å². The van der Waals surface area contributed by atoms with Crippen molar-refractivity contribution in [1.29, 1.82) is 0 Å². The van der Waals surface area contributed by atoms with Crippen LogP contribution in [0.1, 0.15) is 0 Å². The number of rotatable bonds is 4. The number of carboxylic acids is 1. The van der Waals surface area contributed by atoms with E-state index in [0.717, 1.165) is 7.11 Å². The van der Waals surface area contributed by atoms with Crippen LogP contribution in [0.5, 0.6) is 0 Å². The molecule has 0 bridgehead atoms. The van der Waals surface area contributed by atoms with E-state index in [0.29, 0.717) is 0 Å². The normalized spacial score (nSPS) is 37.4. The van der Waals surface area contributed by atoms with Crippen molar-refractivity contribution in [1.82, 2.24) is 0 Å². The topological polar surface area (TPSA) is 163 Å². The number of carboxylic acid groups (broad SMARTS) is 1. The summed E-state index contributed by atoms with van der Waals surface area (Å²) >= 11 is 0. The fraction of sp³-hybridized carbons (Fsp3) is 0.857.